The minimum atomic E-state index is -2.47. The van der Waals surface area contributed by atoms with Crippen LogP contribution in [0.2, 0.25) is 0 Å². The van der Waals surface area contributed by atoms with Crippen molar-refractivity contribution in [1.82, 2.24) is 9.55 Å². The number of alkyl halides is 2. The van der Waals surface area contributed by atoms with Crippen molar-refractivity contribution < 1.29 is 13.5 Å². The van der Waals surface area contributed by atoms with Crippen molar-refractivity contribution in [3.05, 3.63) is 18.2 Å². The maximum absolute atomic E-state index is 12.4. The van der Waals surface area contributed by atoms with Crippen molar-refractivity contribution in [2.45, 2.75) is 13.0 Å². The van der Waals surface area contributed by atoms with E-state index in [2.05, 4.69) is 4.98 Å². The van der Waals surface area contributed by atoms with Gasteiger partial charge in [0.25, 0.3) is 6.43 Å². The second-order valence-electron chi connectivity index (χ2n) is 3.30. The Morgan fingerprint density at radius 1 is 1.50 bits per heavy atom. The monoisotopic (exact) mass is 227 g/mol. The minimum Gasteiger partial charge on any atom is -0.494 e. The molecule has 2 rings (SSSR count). The zero-order valence-electron chi connectivity index (χ0n) is 8.65. The molecule has 0 aliphatic carbocycles. The number of aromatic nitrogens is 2. The number of rotatable bonds is 3. The maximum Gasteiger partial charge on any atom is 0.256 e. The summed E-state index contributed by atoms with van der Waals surface area (Å²) >= 11 is 0. The van der Waals surface area contributed by atoms with Crippen LogP contribution in [0.5, 0.6) is 5.75 Å². The first-order valence-corrected chi connectivity index (χ1v) is 4.70. The number of nitrogens with two attached hydrogens (primary N) is 1. The number of methoxy groups -OCH3 is 1. The van der Waals surface area contributed by atoms with Gasteiger partial charge in [-0.15, -0.1) is 0 Å². The molecule has 1 aromatic heterocycles. The lowest BCUT2D eigenvalue weighted by molar-refractivity contribution is 0.128. The summed E-state index contributed by atoms with van der Waals surface area (Å²) in [5.41, 5.74) is 6.64. The van der Waals surface area contributed by atoms with Gasteiger partial charge in [-0.25, -0.2) is 13.8 Å². The van der Waals surface area contributed by atoms with Gasteiger partial charge in [0.05, 0.1) is 19.2 Å². The van der Waals surface area contributed by atoms with E-state index < -0.39 is 13.0 Å². The molecule has 0 saturated heterocycles. The van der Waals surface area contributed by atoms with Crippen LogP contribution in [0.25, 0.3) is 11.0 Å². The molecule has 0 bridgehead atoms. The first-order chi connectivity index (χ1) is 7.63. The Hall–Kier alpha value is -1.85. The number of hydrogen-bond donors (Lipinski definition) is 1. The summed E-state index contributed by atoms with van der Waals surface area (Å²) < 4.78 is 31.1. The Bertz CT molecular complexity index is 510. The van der Waals surface area contributed by atoms with E-state index in [0.29, 0.717) is 16.8 Å². The average Bonchev–Trinajstić information content (AvgIpc) is 2.55. The fraction of sp³-hybridized carbons (Fsp3) is 0.300. The fourth-order valence-electron chi connectivity index (χ4n) is 1.63. The number of nitrogens with zero attached hydrogens (tertiary/aromatic N) is 2. The first-order valence-electron chi connectivity index (χ1n) is 4.70. The molecule has 0 aliphatic rings. The molecule has 1 aromatic carbocycles. The highest BCUT2D eigenvalue weighted by atomic mass is 19.3. The molecule has 0 atom stereocenters. The van der Waals surface area contributed by atoms with Crippen molar-refractivity contribution in [3.63, 3.8) is 0 Å². The highest BCUT2D eigenvalue weighted by Gasteiger charge is 2.14. The standard InChI is InChI=1S/C10H11F2N3O/c1-16-7-4-2-3-6-9(7)14-10(13)15(6)5-8(11)12/h2-4,8H,5H2,1H3,(H2,13,14). The van der Waals surface area contributed by atoms with Crippen LogP contribution in [0, 0.1) is 0 Å². The topological polar surface area (TPSA) is 53.1 Å². The predicted octanol–water partition coefficient (Wildman–Crippen LogP) is 1.89. The number of para-hydroxylation sites is 1. The van der Waals surface area contributed by atoms with E-state index in [4.69, 9.17) is 10.5 Å². The van der Waals surface area contributed by atoms with Crippen LogP contribution in [0.3, 0.4) is 0 Å². The molecular weight excluding hydrogens is 216 g/mol. The summed E-state index contributed by atoms with van der Waals surface area (Å²) in [5, 5.41) is 0. The van der Waals surface area contributed by atoms with Gasteiger partial charge in [-0.2, -0.15) is 0 Å². The highest BCUT2D eigenvalue weighted by molar-refractivity contribution is 5.84. The molecule has 0 radical (unpaired) electrons. The minimum absolute atomic E-state index is 0.0693. The van der Waals surface area contributed by atoms with E-state index >= 15 is 0 Å². The molecule has 1 heterocycles. The van der Waals surface area contributed by atoms with Crippen LogP contribution < -0.4 is 10.5 Å². The van der Waals surface area contributed by atoms with Gasteiger partial charge in [0.15, 0.2) is 0 Å². The Balaban J connectivity index is 2.61. The van der Waals surface area contributed by atoms with Crippen molar-refractivity contribution >= 4 is 17.0 Å². The molecule has 2 N–H and O–H groups in total. The molecule has 0 amide bonds. The lowest BCUT2D eigenvalue weighted by atomic mass is 10.3. The van der Waals surface area contributed by atoms with Crippen LogP contribution in [-0.2, 0) is 6.54 Å². The first kappa shape index (κ1) is 10.7. The van der Waals surface area contributed by atoms with Crippen LogP contribution in [-0.4, -0.2) is 23.1 Å². The molecule has 6 heteroatoms. The molecule has 0 unspecified atom stereocenters. The van der Waals surface area contributed by atoms with E-state index in [1.165, 1.54) is 11.7 Å². The van der Waals surface area contributed by atoms with Gasteiger partial charge < -0.3 is 15.0 Å². The molecule has 0 saturated carbocycles. The summed E-state index contributed by atoms with van der Waals surface area (Å²) in [4.78, 5) is 4.02. The van der Waals surface area contributed by atoms with Crippen molar-refractivity contribution in [2.24, 2.45) is 0 Å². The summed E-state index contributed by atoms with van der Waals surface area (Å²) in [6, 6.07) is 5.11. The SMILES string of the molecule is COc1cccc2c1nc(N)n2CC(F)F. The third kappa shape index (κ3) is 1.66. The van der Waals surface area contributed by atoms with Gasteiger partial charge in [0.1, 0.15) is 11.3 Å². The van der Waals surface area contributed by atoms with E-state index in [-0.39, 0.29) is 5.95 Å². The number of imidazole rings is 1. The smallest absolute Gasteiger partial charge is 0.256 e. The van der Waals surface area contributed by atoms with Crippen molar-refractivity contribution in [2.75, 3.05) is 12.8 Å². The van der Waals surface area contributed by atoms with Crippen LogP contribution in [0.4, 0.5) is 14.7 Å². The molecule has 2 aromatic rings. The van der Waals surface area contributed by atoms with E-state index in [1.54, 1.807) is 18.2 Å². The lowest BCUT2D eigenvalue weighted by Gasteiger charge is -2.05. The van der Waals surface area contributed by atoms with Gasteiger partial charge in [0.2, 0.25) is 5.95 Å². The predicted molar refractivity (Wildman–Crippen MR) is 56.7 cm³/mol. The van der Waals surface area contributed by atoms with Crippen LogP contribution in [0.15, 0.2) is 18.2 Å². The van der Waals surface area contributed by atoms with Crippen molar-refractivity contribution in [3.8, 4) is 5.75 Å². The molecule has 4 nitrogen and oxygen atoms in total. The number of halogens is 2. The average molecular weight is 227 g/mol. The number of benzene rings is 1. The molecule has 0 spiro atoms. The van der Waals surface area contributed by atoms with Gasteiger partial charge in [-0.1, -0.05) is 6.07 Å². The van der Waals surface area contributed by atoms with E-state index in [1.807, 2.05) is 0 Å². The molecule has 86 valence electrons. The third-order valence-electron chi connectivity index (χ3n) is 2.31. The lowest BCUT2D eigenvalue weighted by Crippen LogP contribution is -2.09. The highest BCUT2D eigenvalue weighted by Crippen LogP contribution is 2.27. The number of anilines is 1. The Kier molecular flexibility index (Phi) is 2.64. The zero-order chi connectivity index (χ0) is 11.7. The van der Waals surface area contributed by atoms with Gasteiger partial charge in [-0.3, -0.25) is 0 Å². The van der Waals surface area contributed by atoms with Gasteiger partial charge in [-0.05, 0) is 12.1 Å². The third-order valence-corrected chi connectivity index (χ3v) is 2.31. The second-order valence-corrected chi connectivity index (χ2v) is 3.30. The number of ether oxygens (including phenoxy) is 1. The van der Waals surface area contributed by atoms with Crippen LogP contribution in [0.1, 0.15) is 0 Å². The summed E-state index contributed by atoms with van der Waals surface area (Å²) in [6.07, 6.45) is -2.47. The molecule has 0 aliphatic heterocycles. The second kappa shape index (κ2) is 3.96. The summed E-state index contributed by atoms with van der Waals surface area (Å²) in [7, 11) is 1.50. The maximum atomic E-state index is 12.4. The van der Waals surface area contributed by atoms with Crippen LogP contribution >= 0.6 is 0 Å². The Morgan fingerprint density at radius 3 is 2.88 bits per heavy atom. The Morgan fingerprint density at radius 2 is 2.25 bits per heavy atom. The van der Waals surface area contributed by atoms with Crippen molar-refractivity contribution in [1.29, 1.82) is 0 Å². The zero-order valence-corrected chi connectivity index (χ0v) is 8.65. The number of nitrogen functional groups attached to an aromatic ring is 1. The molecule has 16 heavy (non-hydrogen) atoms. The fourth-order valence-corrected chi connectivity index (χ4v) is 1.63. The summed E-state index contributed by atoms with van der Waals surface area (Å²) in [6.45, 7) is -0.463. The summed E-state index contributed by atoms with van der Waals surface area (Å²) in [5.74, 6) is 0.594. The van der Waals surface area contributed by atoms with Gasteiger partial charge in [0, 0.05) is 0 Å². The molecule has 0 fully saturated rings. The molecular formula is C10H11F2N3O. The quantitative estimate of drug-likeness (QED) is 0.871. The number of hydrogen-bond acceptors (Lipinski definition) is 3. The largest absolute Gasteiger partial charge is 0.494 e. The normalized spacial score (nSPS) is 11.2. The Labute approximate surface area is 90.6 Å². The van der Waals surface area contributed by atoms with E-state index in [0.717, 1.165) is 0 Å². The number of fused-ring (bicyclic) bond motifs is 1. The van der Waals surface area contributed by atoms with E-state index in [9.17, 15) is 8.78 Å². The van der Waals surface area contributed by atoms with Gasteiger partial charge >= 0.3 is 0 Å².